The number of benzene rings is 1. The predicted octanol–water partition coefficient (Wildman–Crippen LogP) is 4.17. The zero-order valence-corrected chi connectivity index (χ0v) is 20.7. The van der Waals surface area contributed by atoms with E-state index in [4.69, 9.17) is 16.0 Å². The minimum absolute atomic E-state index is 0.0755. The fraction of sp³-hybridized carbons (Fsp3) is 0.542. The molecule has 1 aromatic carbocycles. The Morgan fingerprint density at radius 2 is 1.88 bits per heavy atom. The fourth-order valence-corrected chi connectivity index (χ4v) is 6.93. The SMILES string of the molecule is C[C@@H]1C[C@@H](C)CN(S(=O)(=O)c2ccc(Cl)c(C(=O)NC[C@@H](c3ccco3)N3CCCC3)c2)C1. The number of likely N-dealkylation sites (tertiary alicyclic amines) is 1. The van der Waals surface area contributed by atoms with Crippen LogP contribution < -0.4 is 5.32 Å². The van der Waals surface area contributed by atoms with E-state index in [2.05, 4.69) is 24.1 Å². The average Bonchev–Trinajstić information content (AvgIpc) is 3.48. The van der Waals surface area contributed by atoms with Gasteiger partial charge in [0.1, 0.15) is 5.76 Å². The van der Waals surface area contributed by atoms with Crippen LogP contribution in [0.2, 0.25) is 5.02 Å². The van der Waals surface area contributed by atoms with E-state index in [1.807, 2.05) is 12.1 Å². The van der Waals surface area contributed by atoms with Gasteiger partial charge in [0.25, 0.3) is 5.91 Å². The lowest BCUT2D eigenvalue weighted by atomic mass is 9.94. The number of rotatable bonds is 7. The molecule has 0 radical (unpaired) electrons. The third-order valence-electron chi connectivity index (χ3n) is 6.56. The number of hydrogen-bond donors (Lipinski definition) is 1. The molecule has 33 heavy (non-hydrogen) atoms. The van der Waals surface area contributed by atoms with Crippen LogP contribution in [0, 0.1) is 11.8 Å². The zero-order chi connectivity index (χ0) is 23.6. The van der Waals surface area contributed by atoms with Gasteiger partial charge in [0.2, 0.25) is 10.0 Å². The van der Waals surface area contributed by atoms with Gasteiger partial charge in [-0.2, -0.15) is 4.31 Å². The number of carbonyl (C=O) groups is 1. The van der Waals surface area contributed by atoms with E-state index in [1.54, 1.807) is 6.26 Å². The Morgan fingerprint density at radius 1 is 1.18 bits per heavy atom. The van der Waals surface area contributed by atoms with Gasteiger partial charge in [-0.05, 0) is 74.5 Å². The van der Waals surface area contributed by atoms with Crippen LogP contribution in [0.25, 0.3) is 0 Å². The van der Waals surface area contributed by atoms with Crippen LogP contribution in [0.4, 0.5) is 0 Å². The van der Waals surface area contributed by atoms with Crippen molar-refractivity contribution in [2.45, 2.75) is 44.0 Å². The van der Waals surface area contributed by atoms with Gasteiger partial charge in [-0.1, -0.05) is 25.4 Å². The molecule has 0 spiro atoms. The Labute approximate surface area is 201 Å². The predicted molar refractivity (Wildman–Crippen MR) is 128 cm³/mol. The van der Waals surface area contributed by atoms with Crippen LogP contribution in [-0.4, -0.2) is 56.3 Å². The van der Waals surface area contributed by atoms with E-state index in [1.165, 1.54) is 22.5 Å². The van der Waals surface area contributed by atoms with Crippen molar-refractivity contribution in [1.29, 1.82) is 0 Å². The van der Waals surface area contributed by atoms with Crippen molar-refractivity contribution in [3.8, 4) is 0 Å². The maximum Gasteiger partial charge on any atom is 0.252 e. The molecule has 0 bridgehead atoms. The summed E-state index contributed by atoms with van der Waals surface area (Å²) in [4.78, 5) is 15.5. The van der Waals surface area contributed by atoms with Crippen LogP contribution in [0.1, 0.15) is 55.3 Å². The first-order valence-corrected chi connectivity index (χ1v) is 13.4. The molecule has 2 aliphatic heterocycles. The Morgan fingerprint density at radius 3 is 2.52 bits per heavy atom. The van der Waals surface area contributed by atoms with Gasteiger partial charge in [-0.25, -0.2) is 8.42 Å². The molecule has 180 valence electrons. The highest BCUT2D eigenvalue weighted by molar-refractivity contribution is 7.89. The van der Waals surface area contributed by atoms with Gasteiger partial charge in [-0.15, -0.1) is 0 Å². The average molecular weight is 494 g/mol. The summed E-state index contributed by atoms with van der Waals surface area (Å²) < 4.78 is 33.7. The van der Waals surface area contributed by atoms with Crippen molar-refractivity contribution in [2.24, 2.45) is 11.8 Å². The maximum atomic E-state index is 13.3. The second-order valence-electron chi connectivity index (χ2n) is 9.39. The van der Waals surface area contributed by atoms with E-state index in [-0.39, 0.29) is 21.5 Å². The summed E-state index contributed by atoms with van der Waals surface area (Å²) >= 11 is 6.32. The first-order chi connectivity index (χ1) is 15.8. The van der Waals surface area contributed by atoms with Crippen molar-refractivity contribution in [3.05, 3.63) is 52.9 Å². The summed E-state index contributed by atoms with van der Waals surface area (Å²) in [5.41, 5.74) is 0.162. The smallest absolute Gasteiger partial charge is 0.252 e. The van der Waals surface area contributed by atoms with Gasteiger partial charge in [0, 0.05) is 19.6 Å². The molecule has 2 saturated heterocycles. The highest BCUT2D eigenvalue weighted by Gasteiger charge is 2.32. The van der Waals surface area contributed by atoms with Crippen molar-refractivity contribution >= 4 is 27.5 Å². The number of hydrogen-bond acceptors (Lipinski definition) is 5. The second-order valence-corrected chi connectivity index (χ2v) is 11.7. The van der Waals surface area contributed by atoms with Crippen LogP contribution in [0.15, 0.2) is 45.9 Å². The topological polar surface area (TPSA) is 82.9 Å². The lowest BCUT2D eigenvalue weighted by Crippen LogP contribution is -2.42. The van der Waals surface area contributed by atoms with Crippen LogP contribution in [0.5, 0.6) is 0 Å². The van der Waals surface area contributed by atoms with Gasteiger partial charge in [-0.3, -0.25) is 9.69 Å². The number of carbonyl (C=O) groups excluding carboxylic acids is 1. The van der Waals surface area contributed by atoms with Gasteiger partial charge >= 0.3 is 0 Å². The summed E-state index contributed by atoms with van der Waals surface area (Å²) in [7, 11) is -3.71. The molecular formula is C24H32ClN3O4S. The molecule has 0 aliphatic carbocycles. The van der Waals surface area contributed by atoms with Crippen molar-refractivity contribution in [1.82, 2.24) is 14.5 Å². The maximum absolute atomic E-state index is 13.3. The normalized spacial score (nSPS) is 23.5. The Hall–Kier alpha value is -1.87. The number of nitrogens with one attached hydrogen (secondary N) is 1. The molecule has 3 atom stereocenters. The van der Waals surface area contributed by atoms with E-state index in [0.29, 0.717) is 31.5 Å². The standard InChI is InChI=1S/C24H32ClN3O4S/c1-17-12-18(2)16-28(15-17)33(30,31)19-7-8-21(25)20(13-19)24(29)26-14-22(23-6-5-11-32-23)27-9-3-4-10-27/h5-8,11,13,17-18,22H,3-4,9-10,12,14-16H2,1-2H3,(H,26,29)/t17-,18-,22+/m1/s1. The third kappa shape index (κ3) is 5.45. The number of nitrogens with zero attached hydrogens (tertiary/aromatic N) is 2. The van der Waals surface area contributed by atoms with Crippen molar-refractivity contribution in [2.75, 3.05) is 32.7 Å². The molecule has 0 unspecified atom stereocenters. The van der Waals surface area contributed by atoms with E-state index >= 15 is 0 Å². The van der Waals surface area contributed by atoms with Gasteiger partial charge < -0.3 is 9.73 Å². The first-order valence-electron chi connectivity index (χ1n) is 11.6. The lowest BCUT2D eigenvalue weighted by molar-refractivity contribution is 0.0933. The largest absolute Gasteiger partial charge is 0.468 e. The summed E-state index contributed by atoms with van der Waals surface area (Å²) in [6.45, 7) is 7.34. The number of piperidine rings is 1. The molecule has 9 heteroatoms. The molecular weight excluding hydrogens is 462 g/mol. The molecule has 1 N–H and O–H groups in total. The molecule has 2 fully saturated rings. The second kappa shape index (κ2) is 10.2. The number of sulfonamides is 1. The molecule has 0 saturated carbocycles. The minimum Gasteiger partial charge on any atom is -0.468 e. The van der Waals surface area contributed by atoms with Crippen molar-refractivity contribution in [3.63, 3.8) is 0 Å². The third-order valence-corrected chi connectivity index (χ3v) is 8.72. The van der Waals surface area contributed by atoms with Crippen LogP contribution >= 0.6 is 11.6 Å². The zero-order valence-electron chi connectivity index (χ0n) is 19.2. The summed E-state index contributed by atoms with van der Waals surface area (Å²) in [6, 6.07) is 8.05. The Balaban J connectivity index is 1.51. The first kappa shape index (κ1) is 24.3. The van der Waals surface area contributed by atoms with Crippen LogP contribution in [-0.2, 0) is 10.0 Å². The molecule has 1 amide bonds. The lowest BCUT2D eigenvalue weighted by Gasteiger charge is -2.34. The van der Waals surface area contributed by atoms with E-state index in [0.717, 1.165) is 38.1 Å². The van der Waals surface area contributed by atoms with Crippen molar-refractivity contribution < 1.29 is 17.6 Å². The molecule has 2 aromatic rings. The molecule has 3 heterocycles. The van der Waals surface area contributed by atoms with Gasteiger partial charge in [0.15, 0.2) is 0 Å². The Kier molecular flexibility index (Phi) is 7.48. The summed E-state index contributed by atoms with van der Waals surface area (Å²) in [5.74, 6) is 0.992. The minimum atomic E-state index is -3.71. The highest BCUT2D eigenvalue weighted by Crippen LogP contribution is 2.29. The molecule has 2 aliphatic rings. The van der Waals surface area contributed by atoms with Gasteiger partial charge in [0.05, 0.1) is 27.8 Å². The van der Waals surface area contributed by atoms with E-state index < -0.39 is 15.9 Å². The number of halogens is 1. The summed E-state index contributed by atoms with van der Waals surface area (Å²) in [5, 5.41) is 3.17. The van der Waals surface area contributed by atoms with E-state index in [9.17, 15) is 13.2 Å². The molecule has 7 nitrogen and oxygen atoms in total. The summed E-state index contributed by atoms with van der Waals surface area (Å²) in [6.07, 6.45) is 4.87. The van der Waals surface area contributed by atoms with Crippen LogP contribution in [0.3, 0.4) is 0 Å². The molecule has 1 aromatic heterocycles. The number of amides is 1. The fourth-order valence-electron chi connectivity index (χ4n) is 5.02. The monoisotopic (exact) mass is 493 g/mol. The molecule has 4 rings (SSSR count). The highest BCUT2D eigenvalue weighted by atomic mass is 35.5. The number of furan rings is 1. The quantitative estimate of drug-likeness (QED) is 0.626. The Bertz CT molecular complexity index is 1060.